The molecule has 3 rings (SSSR count). The lowest BCUT2D eigenvalue weighted by molar-refractivity contribution is 0.0901. The van der Waals surface area contributed by atoms with Gasteiger partial charge in [-0.3, -0.25) is 14.0 Å². The second-order valence-corrected chi connectivity index (χ2v) is 11.5. The van der Waals surface area contributed by atoms with Gasteiger partial charge in [0, 0.05) is 25.2 Å². The van der Waals surface area contributed by atoms with Gasteiger partial charge in [0.25, 0.3) is 5.91 Å². The number of hydrogen-bond donors (Lipinski definition) is 2. The Morgan fingerprint density at radius 3 is 2.43 bits per heavy atom. The van der Waals surface area contributed by atoms with Gasteiger partial charge in [0.1, 0.15) is 11.4 Å². The lowest BCUT2D eigenvalue weighted by Crippen LogP contribution is -2.42. The fourth-order valence-corrected chi connectivity index (χ4v) is 4.77. The van der Waals surface area contributed by atoms with Crippen molar-refractivity contribution in [2.45, 2.75) is 59.1 Å². The minimum absolute atomic E-state index is 0.0124. The van der Waals surface area contributed by atoms with Gasteiger partial charge >= 0.3 is 10.3 Å². The molecule has 0 radical (unpaired) electrons. The van der Waals surface area contributed by atoms with Crippen molar-refractivity contribution < 1.29 is 22.5 Å². The van der Waals surface area contributed by atoms with E-state index in [9.17, 15) is 17.8 Å². The molecule has 0 spiro atoms. The van der Waals surface area contributed by atoms with Crippen molar-refractivity contribution in [3.8, 4) is 0 Å². The number of benzene rings is 1. The summed E-state index contributed by atoms with van der Waals surface area (Å²) < 4.78 is 43.4. The number of anilines is 2. The maximum Gasteiger partial charge on any atom is 0.364 e. The average Bonchev–Trinajstić information content (AvgIpc) is 3.10. The van der Waals surface area contributed by atoms with E-state index in [4.69, 9.17) is 16.3 Å². The molecule has 11 heteroatoms. The van der Waals surface area contributed by atoms with Crippen LogP contribution in [-0.4, -0.2) is 47.9 Å². The number of nitrogens with zero attached hydrogens (tertiary/aromatic N) is 3. The molecule has 0 fully saturated rings. The molecule has 0 bridgehead atoms. The molecule has 192 valence electrons. The van der Waals surface area contributed by atoms with Gasteiger partial charge in [0.05, 0.1) is 11.8 Å². The summed E-state index contributed by atoms with van der Waals surface area (Å²) in [6, 6.07) is 5.71. The number of halogens is 1. The molecule has 1 heterocycles. The zero-order valence-corrected chi connectivity index (χ0v) is 22.4. The number of amides is 1. The normalized spacial score (nSPS) is 17.6. The summed E-state index contributed by atoms with van der Waals surface area (Å²) in [5.41, 5.74) is 0.960. The highest BCUT2D eigenvalue weighted by atomic mass is 35.5. The first-order chi connectivity index (χ1) is 16.2. The first-order valence-electron chi connectivity index (χ1n) is 11.4. The van der Waals surface area contributed by atoms with Crippen LogP contribution >= 0.6 is 11.6 Å². The van der Waals surface area contributed by atoms with Crippen molar-refractivity contribution >= 4 is 44.8 Å². The third-order valence-electron chi connectivity index (χ3n) is 6.38. The van der Waals surface area contributed by atoms with Crippen molar-refractivity contribution in [1.29, 1.82) is 0 Å². The standard InChI is InChI=1S/C24H33ClN4O5S/c1-15(24(2,3)4)26-23(30)22-21(29(35(31,32)33)18-11-9-17(25)10-12-18)20(27-28(22)5)16-7-13-19(34-6)14-8-16/h7,9-12,15,19H,8,13-14H2,1-6H3,(H,26,30)(H,31,32,33)/t15-,19?/m0/s1. The van der Waals surface area contributed by atoms with E-state index in [0.29, 0.717) is 30.0 Å². The summed E-state index contributed by atoms with van der Waals surface area (Å²) in [4.78, 5) is 13.5. The first-order valence-corrected chi connectivity index (χ1v) is 13.1. The van der Waals surface area contributed by atoms with E-state index < -0.39 is 16.2 Å². The van der Waals surface area contributed by atoms with Crippen LogP contribution in [0.1, 0.15) is 63.1 Å². The van der Waals surface area contributed by atoms with Gasteiger partial charge in [-0.15, -0.1) is 0 Å². The Balaban J connectivity index is 2.25. The maximum absolute atomic E-state index is 13.5. The summed E-state index contributed by atoms with van der Waals surface area (Å²) in [5.74, 6) is -0.502. The van der Waals surface area contributed by atoms with Crippen molar-refractivity contribution in [3.05, 3.63) is 46.8 Å². The third-order valence-corrected chi connectivity index (χ3v) is 7.49. The second kappa shape index (κ2) is 10.3. The summed E-state index contributed by atoms with van der Waals surface area (Å²) in [6.45, 7) is 7.85. The predicted octanol–water partition coefficient (Wildman–Crippen LogP) is 4.76. The van der Waals surface area contributed by atoms with Crippen molar-refractivity contribution in [2.75, 3.05) is 11.4 Å². The van der Waals surface area contributed by atoms with Crippen molar-refractivity contribution in [2.24, 2.45) is 12.5 Å². The predicted molar refractivity (Wildman–Crippen MR) is 137 cm³/mol. The van der Waals surface area contributed by atoms with Gasteiger partial charge in [0.15, 0.2) is 5.69 Å². The highest BCUT2D eigenvalue weighted by Crippen LogP contribution is 2.40. The van der Waals surface area contributed by atoms with Crippen LogP contribution in [0.3, 0.4) is 0 Å². The number of carbonyl (C=O) groups excluding carboxylic acids is 1. The maximum atomic E-state index is 13.5. The van der Waals surface area contributed by atoms with Crippen molar-refractivity contribution in [1.82, 2.24) is 15.1 Å². The Morgan fingerprint density at radius 1 is 1.31 bits per heavy atom. The number of hydrogen-bond acceptors (Lipinski definition) is 5. The van der Waals surface area contributed by atoms with E-state index >= 15 is 0 Å². The number of nitrogens with one attached hydrogen (secondary N) is 1. The summed E-state index contributed by atoms with van der Waals surface area (Å²) in [6.07, 6.45) is 3.90. The molecule has 0 saturated carbocycles. The minimum Gasteiger partial charge on any atom is -0.381 e. The van der Waals surface area contributed by atoms with Gasteiger partial charge < -0.3 is 10.1 Å². The molecule has 1 unspecified atom stereocenters. The molecule has 1 amide bonds. The van der Waals surface area contributed by atoms with E-state index in [2.05, 4.69) is 10.4 Å². The molecule has 1 aliphatic carbocycles. The van der Waals surface area contributed by atoms with Crippen LogP contribution in [0.4, 0.5) is 11.4 Å². The molecule has 2 N–H and O–H groups in total. The van der Waals surface area contributed by atoms with E-state index in [1.54, 1.807) is 14.2 Å². The van der Waals surface area contributed by atoms with Crippen LogP contribution in [0.5, 0.6) is 0 Å². The average molecular weight is 525 g/mol. The zero-order valence-electron chi connectivity index (χ0n) is 20.9. The minimum atomic E-state index is -4.86. The molecule has 0 saturated heterocycles. The highest BCUT2D eigenvalue weighted by Gasteiger charge is 2.36. The summed E-state index contributed by atoms with van der Waals surface area (Å²) in [7, 11) is -1.63. The quantitative estimate of drug-likeness (QED) is 0.505. The Hall–Kier alpha value is -2.40. The van der Waals surface area contributed by atoms with E-state index in [0.717, 1.165) is 9.88 Å². The summed E-state index contributed by atoms with van der Waals surface area (Å²) >= 11 is 6.01. The third kappa shape index (κ3) is 6.06. The fraction of sp³-hybridized carbons (Fsp3) is 0.500. The van der Waals surface area contributed by atoms with E-state index in [1.807, 2.05) is 33.8 Å². The van der Waals surface area contributed by atoms with Crippen molar-refractivity contribution in [3.63, 3.8) is 0 Å². The first kappa shape index (κ1) is 27.2. The van der Waals surface area contributed by atoms with Crippen LogP contribution in [-0.2, 0) is 22.1 Å². The number of aromatic nitrogens is 2. The number of aryl methyl sites for hydroxylation is 1. The molecule has 1 aliphatic rings. The summed E-state index contributed by atoms with van der Waals surface area (Å²) in [5, 5.41) is 7.91. The highest BCUT2D eigenvalue weighted by molar-refractivity contribution is 7.87. The lowest BCUT2D eigenvalue weighted by atomic mass is 9.88. The largest absolute Gasteiger partial charge is 0.381 e. The zero-order chi connectivity index (χ0) is 26.1. The van der Waals surface area contributed by atoms with Crippen LogP contribution in [0, 0.1) is 5.41 Å². The monoisotopic (exact) mass is 524 g/mol. The van der Waals surface area contributed by atoms with Gasteiger partial charge in [-0.2, -0.15) is 13.5 Å². The number of rotatable bonds is 7. The topological polar surface area (TPSA) is 114 Å². The molecular weight excluding hydrogens is 492 g/mol. The molecule has 1 aromatic carbocycles. The van der Waals surface area contributed by atoms with Gasteiger partial charge in [-0.25, -0.2) is 4.31 Å². The molecule has 2 atom stereocenters. The molecule has 0 aliphatic heterocycles. The van der Waals surface area contributed by atoms with Gasteiger partial charge in [0.2, 0.25) is 0 Å². The Labute approximate surface area is 212 Å². The number of ether oxygens (including phenoxy) is 1. The Kier molecular flexibility index (Phi) is 8.00. The number of allylic oxidation sites excluding steroid dienone is 1. The fourth-order valence-electron chi connectivity index (χ4n) is 3.85. The van der Waals surface area contributed by atoms with Crippen LogP contribution < -0.4 is 9.62 Å². The number of methoxy groups -OCH3 is 1. The Bertz CT molecular complexity index is 1220. The molecule has 1 aromatic heterocycles. The smallest absolute Gasteiger partial charge is 0.364 e. The molecule has 2 aromatic rings. The second-order valence-electron chi connectivity index (χ2n) is 9.81. The van der Waals surface area contributed by atoms with Gasteiger partial charge in [-0.05, 0) is 61.4 Å². The van der Waals surface area contributed by atoms with Crippen LogP contribution in [0.25, 0.3) is 5.57 Å². The Morgan fingerprint density at radius 2 is 1.94 bits per heavy atom. The van der Waals surface area contributed by atoms with E-state index in [-0.39, 0.29) is 34.6 Å². The van der Waals surface area contributed by atoms with Gasteiger partial charge in [-0.1, -0.05) is 38.4 Å². The molecule has 35 heavy (non-hydrogen) atoms. The van der Waals surface area contributed by atoms with Crippen LogP contribution in [0.15, 0.2) is 30.3 Å². The molecule has 9 nitrogen and oxygen atoms in total. The van der Waals surface area contributed by atoms with Crippen LogP contribution in [0.2, 0.25) is 5.02 Å². The SMILES string of the molecule is COC1CC=C(c2nn(C)c(C(=O)N[C@@H](C)C(C)(C)C)c2N(c2ccc(Cl)cc2)S(=O)(=O)O)CC1. The van der Waals surface area contributed by atoms with E-state index in [1.165, 1.54) is 28.9 Å². The molecular formula is C24H33ClN4O5S. The number of carbonyl (C=O) groups is 1. The lowest BCUT2D eigenvalue weighted by Gasteiger charge is -2.29.